The van der Waals surface area contributed by atoms with Gasteiger partial charge in [-0.15, -0.1) is 12.4 Å². The summed E-state index contributed by atoms with van der Waals surface area (Å²) in [6, 6.07) is 3.13. The number of amides is 1. The van der Waals surface area contributed by atoms with Gasteiger partial charge in [0.25, 0.3) is 5.69 Å². The Hall–Kier alpha value is -1.96. The molecule has 2 rings (SSSR count). The van der Waals surface area contributed by atoms with Gasteiger partial charge >= 0.3 is 12.0 Å². The number of alkyl halides is 2. The van der Waals surface area contributed by atoms with Crippen molar-refractivity contribution in [2.45, 2.75) is 12.0 Å². The minimum Gasteiger partial charge on any atom is -0.443 e. The van der Waals surface area contributed by atoms with E-state index in [4.69, 9.17) is 0 Å². The Morgan fingerprint density at radius 1 is 1.47 bits per heavy atom. The third kappa shape index (κ3) is 3.08. The van der Waals surface area contributed by atoms with Gasteiger partial charge in [-0.25, -0.2) is 13.6 Å². The van der Waals surface area contributed by atoms with Crippen LogP contribution < -0.4 is 5.32 Å². The zero-order valence-corrected chi connectivity index (χ0v) is 10.2. The predicted molar refractivity (Wildman–Crippen MR) is 62.5 cm³/mol. The third-order valence-electron chi connectivity index (χ3n) is 2.49. The lowest BCUT2D eigenvalue weighted by Crippen LogP contribution is -2.49. The van der Waals surface area contributed by atoms with E-state index in [1.54, 1.807) is 0 Å². The number of hydrogen-bond acceptors (Lipinski definition) is 4. The fourth-order valence-corrected chi connectivity index (χ4v) is 1.66. The van der Waals surface area contributed by atoms with Gasteiger partial charge in [0.05, 0.1) is 4.92 Å². The molecule has 0 saturated carbocycles. The molecule has 9 heteroatoms. The number of nitrogens with one attached hydrogen (secondary N) is 1. The van der Waals surface area contributed by atoms with Crippen molar-refractivity contribution in [2.24, 2.45) is 0 Å². The molecule has 1 saturated heterocycles. The molecule has 6 nitrogen and oxygen atoms in total. The molecule has 1 aliphatic rings. The highest BCUT2D eigenvalue weighted by Gasteiger charge is 2.47. The van der Waals surface area contributed by atoms with Crippen molar-refractivity contribution in [3.63, 3.8) is 0 Å². The van der Waals surface area contributed by atoms with E-state index >= 15 is 0 Å². The van der Waals surface area contributed by atoms with E-state index in [1.165, 1.54) is 18.2 Å². The molecule has 1 N–H and O–H groups in total. The highest BCUT2D eigenvalue weighted by Crippen LogP contribution is 2.35. The number of rotatable bonds is 2. The van der Waals surface area contributed by atoms with Gasteiger partial charge < -0.3 is 10.1 Å². The number of carbonyl (C=O) groups is 1. The number of nitro groups is 1. The molecule has 104 valence electrons. The average Bonchev–Trinajstić information content (AvgIpc) is 2.32. The largest absolute Gasteiger partial charge is 0.443 e. The molecule has 1 fully saturated rings. The fourth-order valence-electron chi connectivity index (χ4n) is 1.66. The number of nitrogens with zero attached hydrogens (tertiary/aromatic N) is 1. The Bertz CT molecular complexity index is 512. The van der Waals surface area contributed by atoms with E-state index < -0.39 is 29.6 Å². The second-order valence-electron chi connectivity index (χ2n) is 3.77. The summed E-state index contributed by atoms with van der Waals surface area (Å²) in [5.74, 6) is -3.32. The van der Waals surface area contributed by atoms with Crippen LogP contribution in [0.5, 0.6) is 0 Å². The van der Waals surface area contributed by atoms with Crippen molar-refractivity contribution in [1.29, 1.82) is 0 Å². The number of alkyl carbamates (subject to hydrolysis) is 1. The van der Waals surface area contributed by atoms with Crippen LogP contribution in [-0.4, -0.2) is 23.5 Å². The highest BCUT2D eigenvalue weighted by atomic mass is 35.5. The van der Waals surface area contributed by atoms with Gasteiger partial charge in [0.15, 0.2) is 6.61 Å². The topological polar surface area (TPSA) is 81.5 Å². The van der Waals surface area contributed by atoms with Crippen LogP contribution in [-0.2, 0) is 4.74 Å². The molecular weight excluding hydrogens is 286 g/mol. The SMILES string of the molecule is Cl.O=C1N[C@H](c2cccc([N+](=O)[O-])c2)C(F)(F)CO1. The van der Waals surface area contributed by atoms with Crippen molar-refractivity contribution >= 4 is 24.2 Å². The van der Waals surface area contributed by atoms with Crippen molar-refractivity contribution in [3.05, 3.63) is 39.9 Å². The third-order valence-corrected chi connectivity index (χ3v) is 2.49. The number of halogens is 3. The number of ether oxygens (including phenoxy) is 1. The maximum Gasteiger partial charge on any atom is 0.408 e. The number of non-ortho nitro benzene ring substituents is 1. The smallest absolute Gasteiger partial charge is 0.408 e. The van der Waals surface area contributed by atoms with Gasteiger partial charge in [0.2, 0.25) is 0 Å². The molecule has 1 aromatic rings. The molecule has 1 atom stereocenters. The standard InChI is InChI=1S/C10H8F2N2O4.ClH/c11-10(12)5-18-9(15)13-8(10)6-2-1-3-7(4-6)14(16)17;/h1-4,8H,5H2,(H,13,15);1H/t8-;/m1./s1. The highest BCUT2D eigenvalue weighted by molar-refractivity contribution is 5.85. The first-order valence-electron chi connectivity index (χ1n) is 4.95. The van der Waals surface area contributed by atoms with Gasteiger partial charge in [-0.3, -0.25) is 10.1 Å². The molecule has 0 radical (unpaired) electrons. The van der Waals surface area contributed by atoms with Crippen molar-refractivity contribution in [1.82, 2.24) is 5.32 Å². The zero-order valence-electron chi connectivity index (χ0n) is 9.34. The quantitative estimate of drug-likeness (QED) is 0.671. The van der Waals surface area contributed by atoms with E-state index in [0.717, 1.165) is 6.07 Å². The number of cyclic esters (lactones) is 1. The summed E-state index contributed by atoms with van der Waals surface area (Å²) < 4.78 is 31.3. The van der Waals surface area contributed by atoms with E-state index in [-0.39, 0.29) is 23.7 Å². The molecule has 0 spiro atoms. The normalized spacial score (nSPS) is 20.7. The molecular formula is C10H9ClF2N2O4. The molecule has 0 unspecified atom stereocenters. The fraction of sp³-hybridized carbons (Fsp3) is 0.300. The summed E-state index contributed by atoms with van der Waals surface area (Å²) in [6.45, 7) is -1.05. The minimum absolute atomic E-state index is 0. The zero-order chi connectivity index (χ0) is 13.3. The van der Waals surface area contributed by atoms with Crippen LogP contribution in [0.2, 0.25) is 0 Å². The van der Waals surface area contributed by atoms with Crippen LogP contribution in [0.1, 0.15) is 11.6 Å². The second kappa shape index (κ2) is 5.35. The van der Waals surface area contributed by atoms with Crippen molar-refractivity contribution in [3.8, 4) is 0 Å². The first kappa shape index (κ1) is 15.1. The Labute approximate surface area is 112 Å². The molecule has 1 amide bonds. The molecule has 1 aromatic carbocycles. The molecule has 1 aliphatic heterocycles. The molecule has 0 aliphatic carbocycles. The van der Waals surface area contributed by atoms with Gasteiger partial charge in [-0.2, -0.15) is 0 Å². The first-order chi connectivity index (χ1) is 8.40. The Kier molecular flexibility index (Phi) is 4.25. The maximum atomic E-state index is 13.6. The number of carbonyl (C=O) groups excluding carboxylic acids is 1. The summed E-state index contributed by atoms with van der Waals surface area (Å²) in [7, 11) is 0. The van der Waals surface area contributed by atoms with Crippen LogP contribution in [0.25, 0.3) is 0 Å². The molecule has 0 aromatic heterocycles. The van der Waals surface area contributed by atoms with Crippen LogP contribution in [0.4, 0.5) is 19.3 Å². The van der Waals surface area contributed by atoms with Gasteiger partial charge in [0, 0.05) is 12.1 Å². The minimum atomic E-state index is -3.32. The van der Waals surface area contributed by atoms with Gasteiger partial charge in [0.1, 0.15) is 6.04 Å². The van der Waals surface area contributed by atoms with E-state index in [2.05, 4.69) is 4.74 Å². The lowest BCUT2D eigenvalue weighted by molar-refractivity contribution is -0.385. The van der Waals surface area contributed by atoms with Crippen molar-refractivity contribution < 1.29 is 23.2 Å². The predicted octanol–water partition coefficient (Wildman–Crippen LogP) is 2.43. The van der Waals surface area contributed by atoms with Gasteiger partial charge in [-0.05, 0) is 5.56 Å². The van der Waals surface area contributed by atoms with Crippen LogP contribution in [0.3, 0.4) is 0 Å². The summed E-state index contributed by atoms with van der Waals surface area (Å²) >= 11 is 0. The lowest BCUT2D eigenvalue weighted by Gasteiger charge is -2.31. The maximum absolute atomic E-state index is 13.6. The van der Waals surface area contributed by atoms with Crippen LogP contribution in [0, 0.1) is 10.1 Å². The lowest BCUT2D eigenvalue weighted by atomic mass is 10.00. The number of hydrogen-bond donors (Lipinski definition) is 1. The second-order valence-corrected chi connectivity index (χ2v) is 3.77. The summed E-state index contributed by atoms with van der Waals surface area (Å²) in [6.07, 6.45) is -0.975. The summed E-state index contributed by atoms with van der Waals surface area (Å²) in [5.41, 5.74) is -0.352. The summed E-state index contributed by atoms with van der Waals surface area (Å²) in [4.78, 5) is 20.8. The van der Waals surface area contributed by atoms with Crippen LogP contribution in [0.15, 0.2) is 24.3 Å². The number of benzene rings is 1. The monoisotopic (exact) mass is 294 g/mol. The Morgan fingerprint density at radius 3 is 2.79 bits per heavy atom. The van der Waals surface area contributed by atoms with E-state index in [0.29, 0.717) is 0 Å². The average molecular weight is 295 g/mol. The van der Waals surface area contributed by atoms with E-state index in [1.807, 2.05) is 5.32 Å². The molecule has 1 heterocycles. The van der Waals surface area contributed by atoms with E-state index in [9.17, 15) is 23.7 Å². The Balaban J connectivity index is 0.00000180. The molecule has 0 bridgehead atoms. The first-order valence-corrected chi connectivity index (χ1v) is 4.95. The van der Waals surface area contributed by atoms with Crippen LogP contribution >= 0.6 is 12.4 Å². The number of nitro benzene ring substituents is 1. The molecule has 19 heavy (non-hydrogen) atoms. The van der Waals surface area contributed by atoms with Gasteiger partial charge in [-0.1, -0.05) is 12.1 Å². The van der Waals surface area contributed by atoms with Crippen molar-refractivity contribution in [2.75, 3.05) is 6.61 Å². The summed E-state index contributed by atoms with van der Waals surface area (Å²) in [5, 5.41) is 12.5. The Morgan fingerprint density at radius 2 is 2.16 bits per heavy atom.